The lowest BCUT2D eigenvalue weighted by Crippen LogP contribution is -2.09. The molecule has 3 heteroatoms. The van der Waals surface area contributed by atoms with Gasteiger partial charge in [0, 0.05) is 11.5 Å². The summed E-state index contributed by atoms with van der Waals surface area (Å²) >= 11 is 5.52. The third kappa shape index (κ3) is 3.26. The number of aliphatic carboxylic acids is 1. The molecule has 0 aliphatic rings. The minimum atomic E-state index is -0.826. The van der Waals surface area contributed by atoms with E-state index in [-0.39, 0.29) is 5.92 Å². The number of allylic oxidation sites excluding steroid dienone is 1. The van der Waals surface area contributed by atoms with E-state index < -0.39 is 5.97 Å². The second kappa shape index (κ2) is 5.20. The minimum absolute atomic E-state index is 0.0608. The average Bonchev–Trinajstić information content (AvgIpc) is 1.85. The zero-order valence-corrected chi connectivity index (χ0v) is 8.48. The number of hydrogen-bond donors (Lipinski definition) is 1. The van der Waals surface area contributed by atoms with Gasteiger partial charge in [-0.1, -0.05) is 19.4 Å². The molecule has 12 heavy (non-hydrogen) atoms. The number of carbonyl (C=O) groups is 1. The zero-order valence-electron chi connectivity index (χ0n) is 7.72. The van der Waals surface area contributed by atoms with E-state index in [1.54, 1.807) is 0 Å². The Morgan fingerprint density at radius 2 is 2.00 bits per heavy atom. The van der Waals surface area contributed by atoms with Crippen molar-refractivity contribution >= 4 is 17.6 Å². The predicted molar refractivity (Wildman–Crippen MR) is 50.5 cm³/mol. The summed E-state index contributed by atoms with van der Waals surface area (Å²) in [5.41, 5.74) is 1.38. The lowest BCUT2D eigenvalue weighted by Gasteiger charge is -2.10. The normalized spacial score (nSPS) is 13.1. The largest absolute Gasteiger partial charge is 0.478 e. The Morgan fingerprint density at radius 1 is 1.50 bits per heavy atom. The molecule has 0 amide bonds. The topological polar surface area (TPSA) is 37.3 Å². The van der Waals surface area contributed by atoms with Crippen molar-refractivity contribution in [3.8, 4) is 0 Å². The van der Waals surface area contributed by atoms with Crippen molar-refractivity contribution in [2.75, 3.05) is 5.88 Å². The molecule has 0 atom stereocenters. The van der Waals surface area contributed by atoms with Crippen molar-refractivity contribution in [3.05, 3.63) is 11.1 Å². The van der Waals surface area contributed by atoms with Gasteiger partial charge in [0.25, 0.3) is 0 Å². The van der Waals surface area contributed by atoms with Crippen LogP contribution < -0.4 is 0 Å². The molecule has 0 aromatic carbocycles. The smallest absolute Gasteiger partial charge is 0.331 e. The highest BCUT2D eigenvalue weighted by Crippen LogP contribution is 2.17. The molecule has 2 nitrogen and oxygen atoms in total. The third-order valence-corrected chi connectivity index (χ3v) is 1.93. The monoisotopic (exact) mass is 190 g/mol. The van der Waals surface area contributed by atoms with E-state index in [1.807, 2.05) is 20.8 Å². The van der Waals surface area contributed by atoms with E-state index in [0.29, 0.717) is 17.9 Å². The first kappa shape index (κ1) is 11.5. The van der Waals surface area contributed by atoms with Gasteiger partial charge in [-0.05, 0) is 19.3 Å². The summed E-state index contributed by atoms with van der Waals surface area (Å²) in [7, 11) is 0. The zero-order chi connectivity index (χ0) is 9.72. The summed E-state index contributed by atoms with van der Waals surface area (Å²) in [4.78, 5) is 10.8. The van der Waals surface area contributed by atoms with Crippen molar-refractivity contribution in [2.45, 2.75) is 27.2 Å². The van der Waals surface area contributed by atoms with Crippen LogP contribution in [0.5, 0.6) is 0 Å². The van der Waals surface area contributed by atoms with Crippen LogP contribution >= 0.6 is 11.6 Å². The summed E-state index contributed by atoms with van der Waals surface area (Å²) in [6, 6.07) is 0. The molecule has 0 aliphatic carbocycles. The van der Waals surface area contributed by atoms with Crippen molar-refractivity contribution in [1.29, 1.82) is 0 Å². The van der Waals surface area contributed by atoms with E-state index in [4.69, 9.17) is 16.7 Å². The van der Waals surface area contributed by atoms with Crippen LogP contribution in [0.3, 0.4) is 0 Å². The molecule has 0 aliphatic heterocycles. The Hall–Kier alpha value is -0.500. The van der Waals surface area contributed by atoms with Crippen molar-refractivity contribution in [1.82, 2.24) is 0 Å². The Labute approximate surface area is 78.2 Å². The van der Waals surface area contributed by atoms with Crippen molar-refractivity contribution in [2.24, 2.45) is 5.92 Å². The number of carboxylic acids is 1. The first-order valence-electron chi connectivity index (χ1n) is 3.99. The van der Waals surface area contributed by atoms with E-state index in [1.165, 1.54) is 0 Å². The molecule has 0 aromatic rings. The van der Waals surface area contributed by atoms with Gasteiger partial charge >= 0.3 is 5.97 Å². The highest BCUT2D eigenvalue weighted by Gasteiger charge is 2.14. The fourth-order valence-corrected chi connectivity index (χ4v) is 1.48. The maximum absolute atomic E-state index is 10.8. The van der Waals surface area contributed by atoms with Gasteiger partial charge < -0.3 is 5.11 Å². The minimum Gasteiger partial charge on any atom is -0.478 e. The van der Waals surface area contributed by atoms with Gasteiger partial charge in [0.2, 0.25) is 0 Å². The van der Waals surface area contributed by atoms with Crippen LogP contribution in [0.15, 0.2) is 11.1 Å². The number of halogens is 1. The van der Waals surface area contributed by atoms with Gasteiger partial charge in [0.1, 0.15) is 0 Å². The molecule has 1 N–H and O–H groups in total. The van der Waals surface area contributed by atoms with Crippen LogP contribution in [0.1, 0.15) is 27.2 Å². The molecule has 0 spiro atoms. The standard InChI is InChI=1S/C9H15ClO2/c1-6(2)8(9(11)12)7(3)4-5-10/h6H,4-5H2,1-3H3,(H,11,12). The van der Waals surface area contributed by atoms with Crippen LogP contribution in [-0.2, 0) is 4.79 Å². The van der Waals surface area contributed by atoms with Gasteiger partial charge in [0.05, 0.1) is 0 Å². The van der Waals surface area contributed by atoms with Crippen LogP contribution in [0, 0.1) is 5.92 Å². The van der Waals surface area contributed by atoms with Gasteiger partial charge in [-0.2, -0.15) is 0 Å². The maximum Gasteiger partial charge on any atom is 0.331 e. The molecule has 0 rings (SSSR count). The Kier molecular flexibility index (Phi) is 4.98. The summed E-state index contributed by atoms with van der Waals surface area (Å²) in [6.45, 7) is 5.58. The van der Waals surface area contributed by atoms with Gasteiger partial charge in [-0.25, -0.2) is 4.79 Å². The van der Waals surface area contributed by atoms with Crippen LogP contribution in [0.2, 0.25) is 0 Å². The molecular weight excluding hydrogens is 176 g/mol. The summed E-state index contributed by atoms with van der Waals surface area (Å²) in [6.07, 6.45) is 0.654. The van der Waals surface area contributed by atoms with Crippen molar-refractivity contribution < 1.29 is 9.90 Å². The molecular formula is C9H15ClO2. The molecule has 0 unspecified atom stereocenters. The number of alkyl halides is 1. The second-order valence-electron chi connectivity index (χ2n) is 3.09. The Morgan fingerprint density at radius 3 is 2.25 bits per heavy atom. The average molecular weight is 191 g/mol. The van der Waals surface area contributed by atoms with E-state index >= 15 is 0 Å². The molecule has 0 bridgehead atoms. The number of carboxylic acid groups (broad SMARTS) is 1. The number of rotatable bonds is 4. The van der Waals surface area contributed by atoms with Gasteiger partial charge in [0.15, 0.2) is 0 Å². The fraction of sp³-hybridized carbons (Fsp3) is 0.667. The molecule has 0 fully saturated rings. The molecule has 0 saturated carbocycles. The Balaban J connectivity index is 4.68. The summed E-state index contributed by atoms with van der Waals surface area (Å²) in [5.74, 6) is -0.284. The van der Waals surface area contributed by atoms with E-state index in [0.717, 1.165) is 5.57 Å². The second-order valence-corrected chi connectivity index (χ2v) is 3.47. The highest BCUT2D eigenvalue weighted by atomic mass is 35.5. The maximum atomic E-state index is 10.8. The van der Waals surface area contributed by atoms with Gasteiger partial charge in [-0.3, -0.25) is 0 Å². The predicted octanol–water partition coefficient (Wildman–Crippen LogP) is 2.67. The Bertz CT molecular complexity index is 195. The van der Waals surface area contributed by atoms with Crippen LogP contribution in [0.25, 0.3) is 0 Å². The quantitative estimate of drug-likeness (QED) is 0.547. The van der Waals surface area contributed by atoms with Crippen LogP contribution in [0.4, 0.5) is 0 Å². The highest BCUT2D eigenvalue weighted by molar-refractivity contribution is 6.18. The first-order chi connectivity index (χ1) is 5.50. The first-order valence-corrected chi connectivity index (χ1v) is 4.53. The molecule has 70 valence electrons. The molecule has 0 aromatic heterocycles. The molecule has 0 saturated heterocycles. The van der Waals surface area contributed by atoms with Gasteiger partial charge in [-0.15, -0.1) is 11.6 Å². The fourth-order valence-electron chi connectivity index (χ4n) is 1.20. The molecule has 0 radical (unpaired) electrons. The van der Waals surface area contributed by atoms with Crippen molar-refractivity contribution in [3.63, 3.8) is 0 Å². The summed E-state index contributed by atoms with van der Waals surface area (Å²) in [5, 5.41) is 8.84. The van der Waals surface area contributed by atoms with E-state index in [2.05, 4.69) is 0 Å². The van der Waals surface area contributed by atoms with E-state index in [9.17, 15) is 4.79 Å². The SMILES string of the molecule is CC(CCCl)=C(C(=O)O)C(C)C. The van der Waals surface area contributed by atoms with Crippen LogP contribution in [-0.4, -0.2) is 17.0 Å². The lowest BCUT2D eigenvalue weighted by atomic mass is 9.97. The molecule has 0 heterocycles. The third-order valence-electron chi connectivity index (χ3n) is 1.74. The number of hydrogen-bond acceptors (Lipinski definition) is 1. The summed E-state index contributed by atoms with van der Waals surface area (Å²) < 4.78 is 0. The lowest BCUT2D eigenvalue weighted by molar-refractivity contribution is -0.133.